The summed E-state index contributed by atoms with van der Waals surface area (Å²) in [5.41, 5.74) is 7.06. The monoisotopic (exact) mass is 487 g/mol. The van der Waals surface area contributed by atoms with Crippen LogP contribution in [0.3, 0.4) is 0 Å². The summed E-state index contributed by atoms with van der Waals surface area (Å²) in [5.74, 6) is -0.895. The van der Waals surface area contributed by atoms with Gasteiger partial charge in [-0.05, 0) is 113 Å². The van der Waals surface area contributed by atoms with Gasteiger partial charge in [0.1, 0.15) is 5.57 Å². The lowest BCUT2D eigenvalue weighted by Crippen LogP contribution is -2.54. The molecule has 1 fully saturated rings. The van der Waals surface area contributed by atoms with Crippen LogP contribution >= 0.6 is 12.2 Å². The summed E-state index contributed by atoms with van der Waals surface area (Å²) in [6.45, 7) is 15.0. The summed E-state index contributed by atoms with van der Waals surface area (Å²) < 4.78 is 0. The Morgan fingerprint density at radius 2 is 1.74 bits per heavy atom. The molecule has 6 heteroatoms. The van der Waals surface area contributed by atoms with Crippen LogP contribution < -0.4 is 15.1 Å². The summed E-state index contributed by atoms with van der Waals surface area (Å²) in [6.07, 6.45) is 4.87. The van der Waals surface area contributed by atoms with Gasteiger partial charge < -0.3 is 4.90 Å². The van der Waals surface area contributed by atoms with Gasteiger partial charge in [-0.15, -0.1) is 0 Å². The van der Waals surface area contributed by atoms with Crippen LogP contribution in [-0.2, 0) is 16.0 Å². The number of aryl methyl sites for hydroxylation is 2. The number of hydrogen-bond acceptors (Lipinski definition) is 4. The fourth-order valence-corrected chi connectivity index (χ4v) is 5.52. The van der Waals surface area contributed by atoms with Gasteiger partial charge in [0.05, 0.1) is 11.2 Å². The van der Waals surface area contributed by atoms with Crippen molar-refractivity contribution in [1.29, 1.82) is 0 Å². The highest BCUT2D eigenvalue weighted by Crippen LogP contribution is 2.42. The van der Waals surface area contributed by atoms with Crippen LogP contribution in [0.15, 0.2) is 48.0 Å². The van der Waals surface area contributed by atoms with Crippen LogP contribution in [0.4, 0.5) is 11.4 Å². The Bertz CT molecular complexity index is 1290. The smallest absolute Gasteiger partial charge is 0.270 e. The number of nitrogens with one attached hydrogen (secondary N) is 1. The largest absolute Gasteiger partial charge is 0.360 e. The van der Waals surface area contributed by atoms with E-state index >= 15 is 0 Å². The molecule has 0 aliphatic carbocycles. The molecule has 0 aromatic heterocycles. The van der Waals surface area contributed by atoms with Gasteiger partial charge in [-0.3, -0.25) is 19.8 Å². The molecule has 0 radical (unpaired) electrons. The van der Waals surface area contributed by atoms with E-state index in [1.54, 1.807) is 6.08 Å². The second-order valence-electron chi connectivity index (χ2n) is 10.1. The molecule has 2 heterocycles. The zero-order valence-electron chi connectivity index (χ0n) is 21.5. The number of hydrogen-bond donors (Lipinski definition) is 1. The molecule has 1 saturated heterocycles. The van der Waals surface area contributed by atoms with E-state index in [1.165, 1.54) is 16.2 Å². The summed E-state index contributed by atoms with van der Waals surface area (Å²) in [7, 11) is 0. The van der Waals surface area contributed by atoms with Gasteiger partial charge in [0.15, 0.2) is 5.11 Å². The highest BCUT2D eigenvalue weighted by molar-refractivity contribution is 7.80. The number of carbonyl (C=O) groups excluding carboxylic acids is 2. The molecule has 5 nitrogen and oxygen atoms in total. The number of amides is 2. The minimum atomic E-state index is -0.476. The van der Waals surface area contributed by atoms with Crippen LogP contribution in [-0.4, -0.2) is 28.5 Å². The van der Waals surface area contributed by atoms with Gasteiger partial charge in [0.2, 0.25) is 0 Å². The molecule has 182 valence electrons. The minimum absolute atomic E-state index is 0.0692. The van der Waals surface area contributed by atoms with E-state index in [1.807, 2.05) is 31.2 Å². The summed E-state index contributed by atoms with van der Waals surface area (Å²) in [6, 6.07) is 12.2. The maximum Gasteiger partial charge on any atom is 0.270 e. The maximum absolute atomic E-state index is 13.5. The number of thiocarbonyl (C=S) groups is 1. The Balaban J connectivity index is 1.78. The molecular formula is C29H33N3O2S. The van der Waals surface area contributed by atoms with Crippen molar-refractivity contribution < 1.29 is 9.59 Å². The normalized spacial score (nSPS) is 18.7. The van der Waals surface area contributed by atoms with Gasteiger partial charge in [-0.1, -0.05) is 25.1 Å². The van der Waals surface area contributed by atoms with Crippen molar-refractivity contribution in [3.8, 4) is 0 Å². The molecule has 0 saturated carbocycles. The van der Waals surface area contributed by atoms with Crippen LogP contribution in [0.1, 0.15) is 63.8 Å². The second-order valence-corrected chi connectivity index (χ2v) is 10.5. The standard InChI is InChI=1S/C29H33N3O2S/c1-8-20-9-11-22(12-10-20)31-27(34)24(26(33)30-28(31)35)15-21-14-23-19(5)16-29(6,7)32(17(2)3)25(23)13-18(21)4/h9-17H,8H2,1-7H3,(H,30,33,35)/b24-15+. The molecule has 2 aromatic rings. The summed E-state index contributed by atoms with van der Waals surface area (Å²) in [4.78, 5) is 30.1. The number of allylic oxidation sites excluding steroid dienone is 1. The van der Waals surface area contributed by atoms with Crippen LogP contribution in [0, 0.1) is 6.92 Å². The molecule has 0 spiro atoms. The first-order chi connectivity index (χ1) is 16.4. The van der Waals surface area contributed by atoms with E-state index in [2.05, 4.69) is 70.0 Å². The van der Waals surface area contributed by atoms with Crippen molar-refractivity contribution in [3.05, 3.63) is 70.3 Å². The Hall–Kier alpha value is -3.25. The highest BCUT2D eigenvalue weighted by Gasteiger charge is 2.36. The van der Waals surface area contributed by atoms with Crippen molar-refractivity contribution >= 4 is 52.2 Å². The molecule has 35 heavy (non-hydrogen) atoms. The number of nitrogens with zero attached hydrogens (tertiary/aromatic N) is 2. The average molecular weight is 488 g/mol. The van der Waals surface area contributed by atoms with Gasteiger partial charge in [-0.2, -0.15) is 0 Å². The number of fused-ring (bicyclic) bond motifs is 1. The minimum Gasteiger partial charge on any atom is -0.360 e. The lowest BCUT2D eigenvalue weighted by atomic mass is 9.85. The second kappa shape index (κ2) is 9.08. The third kappa shape index (κ3) is 4.43. The lowest BCUT2D eigenvalue weighted by molar-refractivity contribution is -0.122. The van der Waals surface area contributed by atoms with E-state index in [9.17, 15) is 9.59 Å². The molecule has 2 aromatic carbocycles. The van der Waals surface area contributed by atoms with E-state index < -0.39 is 11.8 Å². The molecule has 0 unspecified atom stereocenters. The van der Waals surface area contributed by atoms with E-state index in [-0.39, 0.29) is 16.2 Å². The Morgan fingerprint density at radius 1 is 1.09 bits per heavy atom. The predicted molar refractivity (Wildman–Crippen MR) is 149 cm³/mol. The molecule has 2 aliphatic rings. The van der Waals surface area contributed by atoms with Crippen molar-refractivity contribution in [2.45, 2.75) is 66.5 Å². The van der Waals surface area contributed by atoms with Crippen LogP contribution in [0.25, 0.3) is 11.6 Å². The fraction of sp³-hybridized carbons (Fsp3) is 0.345. The predicted octanol–water partition coefficient (Wildman–Crippen LogP) is 5.80. The number of benzene rings is 2. The fourth-order valence-electron chi connectivity index (χ4n) is 5.24. The van der Waals surface area contributed by atoms with Gasteiger partial charge in [0, 0.05) is 17.3 Å². The molecule has 0 bridgehead atoms. The zero-order valence-corrected chi connectivity index (χ0v) is 22.3. The Labute approximate surface area is 213 Å². The maximum atomic E-state index is 13.5. The van der Waals surface area contributed by atoms with E-state index in [0.717, 1.165) is 28.7 Å². The van der Waals surface area contributed by atoms with Crippen LogP contribution in [0.2, 0.25) is 0 Å². The molecule has 4 rings (SSSR count). The number of rotatable bonds is 4. The third-order valence-corrected chi connectivity index (χ3v) is 7.06. The summed E-state index contributed by atoms with van der Waals surface area (Å²) >= 11 is 5.35. The van der Waals surface area contributed by atoms with Gasteiger partial charge in [-0.25, -0.2) is 0 Å². The molecule has 1 N–H and O–H groups in total. The molecule has 2 amide bonds. The molecular weight excluding hydrogens is 454 g/mol. The van der Waals surface area contributed by atoms with Crippen molar-refractivity contribution in [1.82, 2.24) is 5.32 Å². The topological polar surface area (TPSA) is 52.7 Å². The first-order valence-electron chi connectivity index (χ1n) is 12.1. The van der Waals surface area contributed by atoms with Gasteiger partial charge in [0.25, 0.3) is 11.8 Å². The Morgan fingerprint density at radius 3 is 2.34 bits per heavy atom. The van der Waals surface area contributed by atoms with E-state index in [4.69, 9.17) is 12.2 Å². The molecule has 2 aliphatic heterocycles. The number of anilines is 2. The third-order valence-electron chi connectivity index (χ3n) is 6.78. The van der Waals surface area contributed by atoms with E-state index in [0.29, 0.717) is 11.7 Å². The van der Waals surface area contributed by atoms with Crippen LogP contribution in [0.5, 0.6) is 0 Å². The summed E-state index contributed by atoms with van der Waals surface area (Å²) in [5, 5.41) is 2.78. The Kier molecular flexibility index (Phi) is 6.45. The van der Waals surface area contributed by atoms with Crippen molar-refractivity contribution in [3.63, 3.8) is 0 Å². The van der Waals surface area contributed by atoms with Crippen molar-refractivity contribution in [2.24, 2.45) is 0 Å². The number of carbonyl (C=O) groups is 2. The average Bonchev–Trinajstić information content (AvgIpc) is 2.76. The quantitative estimate of drug-likeness (QED) is 0.336. The SMILES string of the molecule is CCc1ccc(N2C(=O)/C(=C/c3cc4c(cc3C)N(C(C)C)C(C)(C)C=C4C)C(=O)NC2=S)cc1. The van der Waals surface area contributed by atoms with Gasteiger partial charge >= 0.3 is 0 Å². The molecule has 0 atom stereocenters. The zero-order chi connectivity index (χ0) is 25.7. The lowest BCUT2D eigenvalue weighted by Gasteiger charge is -2.46. The first-order valence-corrected chi connectivity index (χ1v) is 12.5. The van der Waals surface area contributed by atoms with Crippen molar-refractivity contribution in [2.75, 3.05) is 9.80 Å². The highest BCUT2D eigenvalue weighted by atomic mass is 32.1. The first kappa shape index (κ1) is 24.9.